The van der Waals surface area contributed by atoms with Gasteiger partial charge in [-0.2, -0.15) is 0 Å². The molecule has 0 fully saturated rings. The van der Waals surface area contributed by atoms with E-state index in [9.17, 15) is 5.11 Å². The largest absolute Gasteiger partial charge is 0.389 e. The highest BCUT2D eigenvalue weighted by molar-refractivity contribution is 7.16. The van der Waals surface area contributed by atoms with Crippen LogP contribution < -0.4 is 5.32 Å². The molecule has 21 heavy (non-hydrogen) atoms. The molecule has 1 atom stereocenters. The highest BCUT2D eigenvalue weighted by Crippen LogP contribution is 2.21. The van der Waals surface area contributed by atoms with Gasteiger partial charge >= 0.3 is 0 Å². The Morgan fingerprint density at radius 2 is 2.00 bits per heavy atom. The average Bonchev–Trinajstić information content (AvgIpc) is 2.90. The number of aliphatic hydroxyl groups is 1. The lowest BCUT2D eigenvalue weighted by Crippen LogP contribution is -2.31. The zero-order valence-corrected chi connectivity index (χ0v) is 13.4. The lowest BCUT2D eigenvalue weighted by Gasteiger charge is -2.12. The summed E-state index contributed by atoms with van der Waals surface area (Å²) in [7, 11) is 0. The van der Waals surface area contributed by atoms with Gasteiger partial charge in [-0.3, -0.25) is 0 Å². The standard InChI is InChI=1S/C16H20ClNO2S/c17-16-7-6-15(21-16)8-9-18-10-14(19)12-20-11-13-4-2-1-3-5-13/h1-7,14,18-19H,8-12H2. The maximum absolute atomic E-state index is 9.82. The molecule has 0 amide bonds. The lowest BCUT2D eigenvalue weighted by atomic mass is 10.2. The van der Waals surface area contributed by atoms with E-state index in [0.717, 1.165) is 22.9 Å². The predicted molar refractivity (Wildman–Crippen MR) is 88.0 cm³/mol. The average molecular weight is 326 g/mol. The van der Waals surface area contributed by atoms with Crippen LogP contribution in [0.15, 0.2) is 42.5 Å². The summed E-state index contributed by atoms with van der Waals surface area (Å²) in [6.07, 6.45) is 0.440. The first-order valence-electron chi connectivity index (χ1n) is 6.98. The van der Waals surface area contributed by atoms with Crippen LogP contribution in [0.3, 0.4) is 0 Å². The minimum absolute atomic E-state index is 0.340. The Morgan fingerprint density at radius 1 is 1.19 bits per heavy atom. The maximum atomic E-state index is 9.82. The monoisotopic (exact) mass is 325 g/mol. The number of hydrogen-bond donors (Lipinski definition) is 2. The summed E-state index contributed by atoms with van der Waals surface area (Å²) >= 11 is 7.47. The first-order chi connectivity index (χ1) is 10.2. The molecule has 2 rings (SSSR count). The van der Waals surface area contributed by atoms with E-state index in [1.54, 1.807) is 11.3 Å². The highest BCUT2D eigenvalue weighted by atomic mass is 35.5. The molecule has 0 radical (unpaired) electrons. The SMILES string of the molecule is OC(CNCCc1ccc(Cl)s1)COCc1ccccc1. The fourth-order valence-corrected chi connectivity index (χ4v) is 3.00. The molecular weight excluding hydrogens is 306 g/mol. The van der Waals surface area contributed by atoms with Gasteiger partial charge in [0.05, 0.1) is 23.7 Å². The summed E-state index contributed by atoms with van der Waals surface area (Å²) in [5.41, 5.74) is 1.12. The Balaban J connectivity index is 1.52. The lowest BCUT2D eigenvalue weighted by molar-refractivity contribution is 0.0290. The molecule has 1 aromatic heterocycles. The fourth-order valence-electron chi connectivity index (χ4n) is 1.91. The molecule has 0 aliphatic carbocycles. The number of hydrogen-bond acceptors (Lipinski definition) is 4. The number of rotatable bonds is 9. The predicted octanol–water partition coefficient (Wildman–Crippen LogP) is 3.11. The van der Waals surface area contributed by atoms with E-state index in [1.165, 1.54) is 4.88 Å². The number of benzene rings is 1. The zero-order chi connectivity index (χ0) is 14.9. The number of ether oxygens (including phenoxy) is 1. The van der Waals surface area contributed by atoms with Gasteiger partial charge in [0.1, 0.15) is 0 Å². The van der Waals surface area contributed by atoms with Crippen LogP contribution in [-0.4, -0.2) is 30.9 Å². The van der Waals surface area contributed by atoms with Gasteiger partial charge < -0.3 is 15.2 Å². The van der Waals surface area contributed by atoms with Crippen LogP contribution >= 0.6 is 22.9 Å². The molecule has 0 saturated carbocycles. The minimum atomic E-state index is -0.486. The highest BCUT2D eigenvalue weighted by Gasteiger charge is 2.04. The van der Waals surface area contributed by atoms with Crippen LogP contribution in [0.5, 0.6) is 0 Å². The summed E-state index contributed by atoms with van der Waals surface area (Å²) in [5.74, 6) is 0. The van der Waals surface area contributed by atoms with Crippen molar-refractivity contribution in [2.75, 3.05) is 19.7 Å². The van der Waals surface area contributed by atoms with Crippen LogP contribution in [0.4, 0.5) is 0 Å². The second-order valence-electron chi connectivity index (χ2n) is 4.81. The fraction of sp³-hybridized carbons (Fsp3) is 0.375. The molecule has 1 unspecified atom stereocenters. The van der Waals surface area contributed by atoms with Gasteiger partial charge in [-0.1, -0.05) is 41.9 Å². The summed E-state index contributed by atoms with van der Waals surface area (Å²) in [6, 6.07) is 13.9. The molecule has 1 heterocycles. The first kappa shape index (κ1) is 16.5. The molecule has 3 nitrogen and oxygen atoms in total. The quantitative estimate of drug-likeness (QED) is 0.696. The van der Waals surface area contributed by atoms with Gasteiger partial charge in [0.2, 0.25) is 0 Å². The van der Waals surface area contributed by atoms with Gasteiger partial charge in [0.15, 0.2) is 0 Å². The molecule has 0 bridgehead atoms. The third kappa shape index (κ3) is 6.59. The van der Waals surface area contributed by atoms with Crippen LogP contribution in [0.2, 0.25) is 4.34 Å². The van der Waals surface area contributed by atoms with E-state index in [2.05, 4.69) is 5.32 Å². The number of thiophene rings is 1. The third-order valence-corrected chi connectivity index (χ3v) is 4.27. The maximum Gasteiger partial charge on any atom is 0.0931 e. The van der Waals surface area contributed by atoms with Crippen LogP contribution in [0.1, 0.15) is 10.4 Å². The summed E-state index contributed by atoms with van der Waals surface area (Å²) < 4.78 is 6.31. The van der Waals surface area contributed by atoms with Crippen molar-refractivity contribution in [3.8, 4) is 0 Å². The van der Waals surface area contributed by atoms with E-state index in [1.807, 2.05) is 42.5 Å². The van der Waals surface area contributed by atoms with Crippen LogP contribution in [-0.2, 0) is 17.8 Å². The van der Waals surface area contributed by atoms with E-state index in [-0.39, 0.29) is 0 Å². The second-order valence-corrected chi connectivity index (χ2v) is 6.61. The van der Waals surface area contributed by atoms with E-state index in [4.69, 9.17) is 16.3 Å². The third-order valence-electron chi connectivity index (χ3n) is 2.98. The molecule has 2 N–H and O–H groups in total. The van der Waals surface area contributed by atoms with Crippen molar-refractivity contribution >= 4 is 22.9 Å². The Hall–Kier alpha value is -0.910. The molecule has 0 aliphatic heterocycles. The van der Waals surface area contributed by atoms with Gasteiger partial charge in [-0.25, -0.2) is 0 Å². The molecule has 0 aliphatic rings. The smallest absolute Gasteiger partial charge is 0.0931 e. The molecular formula is C16H20ClNO2S. The van der Waals surface area contributed by atoms with Gasteiger partial charge in [0.25, 0.3) is 0 Å². The van der Waals surface area contributed by atoms with E-state index in [0.29, 0.717) is 19.8 Å². The summed E-state index contributed by atoms with van der Waals surface area (Å²) in [6.45, 7) is 2.23. The normalized spacial score (nSPS) is 12.5. The van der Waals surface area contributed by atoms with Crippen LogP contribution in [0.25, 0.3) is 0 Å². The van der Waals surface area contributed by atoms with Crippen molar-refractivity contribution in [1.82, 2.24) is 5.32 Å². The van der Waals surface area contributed by atoms with Crippen molar-refractivity contribution in [2.45, 2.75) is 19.1 Å². The molecule has 0 saturated heterocycles. The topological polar surface area (TPSA) is 41.5 Å². The molecule has 0 spiro atoms. The van der Waals surface area contributed by atoms with E-state index >= 15 is 0 Å². The Bertz CT molecular complexity index is 518. The Morgan fingerprint density at radius 3 is 2.71 bits per heavy atom. The van der Waals surface area contributed by atoms with Gasteiger partial charge in [0, 0.05) is 18.0 Å². The van der Waals surface area contributed by atoms with Crippen molar-refractivity contribution in [3.05, 3.63) is 57.2 Å². The number of aliphatic hydroxyl groups excluding tert-OH is 1. The first-order valence-corrected chi connectivity index (χ1v) is 8.18. The van der Waals surface area contributed by atoms with Crippen molar-refractivity contribution < 1.29 is 9.84 Å². The number of nitrogens with one attached hydrogen (secondary N) is 1. The zero-order valence-electron chi connectivity index (χ0n) is 11.8. The van der Waals surface area contributed by atoms with E-state index < -0.39 is 6.10 Å². The summed E-state index contributed by atoms with van der Waals surface area (Å²) in [4.78, 5) is 1.25. The Labute approximate surface area is 134 Å². The van der Waals surface area contributed by atoms with Crippen molar-refractivity contribution in [1.29, 1.82) is 0 Å². The molecule has 114 valence electrons. The minimum Gasteiger partial charge on any atom is -0.389 e. The van der Waals surface area contributed by atoms with Crippen molar-refractivity contribution in [2.24, 2.45) is 0 Å². The van der Waals surface area contributed by atoms with Crippen molar-refractivity contribution in [3.63, 3.8) is 0 Å². The summed E-state index contributed by atoms with van der Waals surface area (Å²) in [5, 5.41) is 13.0. The number of halogens is 1. The molecule has 5 heteroatoms. The second kappa shape index (κ2) is 9.18. The van der Waals surface area contributed by atoms with Gasteiger partial charge in [-0.15, -0.1) is 11.3 Å². The molecule has 1 aromatic carbocycles. The molecule has 2 aromatic rings. The van der Waals surface area contributed by atoms with Crippen LogP contribution in [0, 0.1) is 0 Å². The Kier molecular flexibility index (Phi) is 7.19. The van der Waals surface area contributed by atoms with Gasteiger partial charge in [-0.05, 0) is 24.1 Å².